The first-order chi connectivity index (χ1) is 12.0. The number of rotatable bonds is 5. The summed E-state index contributed by atoms with van der Waals surface area (Å²) in [6.07, 6.45) is 0. The minimum absolute atomic E-state index is 0.633. The van der Waals surface area contributed by atoms with E-state index in [9.17, 15) is 0 Å². The van der Waals surface area contributed by atoms with Crippen molar-refractivity contribution in [2.75, 3.05) is 17.7 Å². The lowest BCUT2D eigenvalue weighted by Crippen LogP contribution is -2.02. The van der Waals surface area contributed by atoms with E-state index in [0.29, 0.717) is 22.5 Å². The summed E-state index contributed by atoms with van der Waals surface area (Å²) in [5, 5.41) is 7.15. The minimum Gasteiger partial charge on any atom is -0.495 e. The molecule has 0 amide bonds. The molecule has 2 N–H and O–H groups in total. The molecule has 6 heteroatoms. The fourth-order valence-electron chi connectivity index (χ4n) is 2.45. The van der Waals surface area contributed by atoms with Crippen LogP contribution in [0.2, 0.25) is 5.02 Å². The highest BCUT2D eigenvalue weighted by atomic mass is 35.5. The van der Waals surface area contributed by atoms with Crippen molar-refractivity contribution in [1.82, 2.24) is 9.97 Å². The van der Waals surface area contributed by atoms with Crippen LogP contribution in [0.25, 0.3) is 0 Å². The highest BCUT2D eigenvalue weighted by molar-refractivity contribution is 6.33. The Morgan fingerprint density at radius 2 is 1.56 bits per heavy atom. The van der Waals surface area contributed by atoms with Crippen LogP contribution in [0.5, 0.6) is 5.75 Å². The van der Waals surface area contributed by atoms with Gasteiger partial charge < -0.3 is 15.4 Å². The van der Waals surface area contributed by atoms with Gasteiger partial charge in [0, 0.05) is 6.07 Å². The Hall–Kier alpha value is -2.79. The van der Waals surface area contributed by atoms with E-state index in [-0.39, 0.29) is 0 Å². The summed E-state index contributed by atoms with van der Waals surface area (Å²) in [6, 6.07) is 15.3. The summed E-state index contributed by atoms with van der Waals surface area (Å²) in [6.45, 7) is 3.87. The van der Waals surface area contributed by atoms with E-state index in [4.69, 9.17) is 16.3 Å². The van der Waals surface area contributed by atoms with Gasteiger partial charge in [-0.3, -0.25) is 0 Å². The molecule has 0 unspecified atom stereocenters. The van der Waals surface area contributed by atoms with Crippen LogP contribution in [-0.2, 0) is 0 Å². The van der Waals surface area contributed by atoms with Crippen molar-refractivity contribution in [3.8, 4) is 5.75 Å². The Morgan fingerprint density at radius 1 is 0.880 bits per heavy atom. The fourth-order valence-corrected chi connectivity index (χ4v) is 2.64. The van der Waals surface area contributed by atoms with Gasteiger partial charge in [0.1, 0.15) is 23.2 Å². The summed E-state index contributed by atoms with van der Waals surface area (Å²) < 4.78 is 5.41. The number of aromatic nitrogens is 2. The van der Waals surface area contributed by atoms with Crippen LogP contribution in [-0.4, -0.2) is 17.1 Å². The molecule has 0 radical (unpaired) electrons. The molecule has 1 aromatic heterocycles. The molecule has 2 aromatic carbocycles. The second-order valence-corrected chi connectivity index (χ2v) is 6.03. The number of halogens is 1. The van der Waals surface area contributed by atoms with Crippen LogP contribution in [0.4, 0.5) is 23.0 Å². The summed E-state index contributed by atoms with van der Waals surface area (Å²) in [5.74, 6) is 2.73. The molecule has 0 aliphatic heterocycles. The third-order valence-corrected chi connectivity index (χ3v) is 3.92. The highest BCUT2D eigenvalue weighted by Gasteiger charge is 2.08. The predicted molar refractivity (Wildman–Crippen MR) is 103 cm³/mol. The van der Waals surface area contributed by atoms with Gasteiger partial charge in [0.05, 0.1) is 23.5 Å². The third kappa shape index (κ3) is 4.19. The van der Waals surface area contributed by atoms with Gasteiger partial charge in [0.2, 0.25) is 0 Å². The van der Waals surface area contributed by atoms with Crippen LogP contribution >= 0.6 is 11.6 Å². The van der Waals surface area contributed by atoms with Crippen LogP contribution < -0.4 is 15.4 Å². The Kier molecular flexibility index (Phi) is 5.05. The van der Waals surface area contributed by atoms with Crippen LogP contribution in [0.15, 0.2) is 48.5 Å². The van der Waals surface area contributed by atoms with E-state index >= 15 is 0 Å². The molecule has 128 valence electrons. The molecule has 0 saturated heterocycles. The quantitative estimate of drug-likeness (QED) is 0.656. The lowest BCUT2D eigenvalue weighted by atomic mass is 10.2. The lowest BCUT2D eigenvalue weighted by Gasteiger charge is -2.13. The van der Waals surface area contributed by atoms with E-state index < -0.39 is 0 Å². The van der Waals surface area contributed by atoms with Crippen LogP contribution in [0, 0.1) is 13.8 Å². The second-order valence-electron chi connectivity index (χ2n) is 5.62. The van der Waals surface area contributed by atoms with Gasteiger partial charge >= 0.3 is 0 Å². The Labute approximate surface area is 152 Å². The summed E-state index contributed by atoms with van der Waals surface area (Å²) in [5.41, 5.74) is 2.77. The zero-order chi connectivity index (χ0) is 17.8. The number of ether oxygens (including phenoxy) is 1. The van der Waals surface area contributed by atoms with Crippen molar-refractivity contribution >= 4 is 34.6 Å². The molecular formula is C19H19ClN4O. The third-order valence-electron chi connectivity index (χ3n) is 3.59. The van der Waals surface area contributed by atoms with Crippen molar-refractivity contribution in [3.05, 3.63) is 64.9 Å². The Balaban J connectivity index is 1.90. The number of nitrogens with zero attached hydrogens (tertiary/aromatic N) is 2. The Morgan fingerprint density at radius 3 is 2.24 bits per heavy atom. The topological polar surface area (TPSA) is 59.1 Å². The van der Waals surface area contributed by atoms with E-state index in [2.05, 4.69) is 20.6 Å². The largest absolute Gasteiger partial charge is 0.495 e. The fraction of sp³-hybridized carbons (Fsp3) is 0.158. The molecule has 1 heterocycles. The van der Waals surface area contributed by atoms with Gasteiger partial charge in [0.15, 0.2) is 0 Å². The van der Waals surface area contributed by atoms with Crippen molar-refractivity contribution in [2.45, 2.75) is 13.8 Å². The number of methoxy groups -OCH3 is 1. The maximum Gasteiger partial charge on any atom is 0.142 e. The Bertz CT molecular complexity index is 898. The average Bonchev–Trinajstić information content (AvgIpc) is 2.57. The summed E-state index contributed by atoms with van der Waals surface area (Å²) in [7, 11) is 1.64. The minimum atomic E-state index is 0.633. The first-order valence-electron chi connectivity index (χ1n) is 7.84. The van der Waals surface area contributed by atoms with Crippen molar-refractivity contribution < 1.29 is 4.74 Å². The molecule has 0 saturated carbocycles. The number of nitrogens with one attached hydrogen (secondary N) is 2. The first kappa shape index (κ1) is 17.0. The number of para-hydroxylation sites is 1. The summed E-state index contributed by atoms with van der Waals surface area (Å²) in [4.78, 5) is 8.87. The molecule has 3 aromatic rings. The van der Waals surface area contributed by atoms with Crippen LogP contribution in [0.3, 0.4) is 0 Å². The first-order valence-corrected chi connectivity index (χ1v) is 8.22. The molecule has 0 atom stereocenters. The van der Waals surface area contributed by atoms with Gasteiger partial charge in [-0.15, -0.1) is 0 Å². The normalized spacial score (nSPS) is 10.4. The van der Waals surface area contributed by atoms with Gasteiger partial charge in [-0.25, -0.2) is 9.97 Å². The highest BCUT2D eigenvalue weighted by Crippen LogP contribution is 2.29. The van der Waals surface area contributed by atoms with Crippen LogP contribution in [0.1, 0.15) is 11.4 Å². The second kappa shape index (κ2) is 7.40. The maximum absolute atomic E-state index is 6.20. The smallest absolute Gasteiger partial charge is 0.142 e. The maximum atomic E-state index is 6.20. The van der Waals surface area contributed by atoms with Gasteiger partial charge in [-0.05, 0) is 43.7 Å². The van der Waals surface area contributed by atoms with E-state index in [0.717, 1.165) is 22.7 Å². The van der Waals surface area contributed by atoms with E-state index in [1.807, 2.05) is 62.4 Å². The SMILES string of the molecule is COc1ccc(C)cc1Nc1cc(Nc2ccccc2Cl)nc(C)n1. The molecule has 0 aliphatic carbocycles. The van der Waals surface area contributed by atoms with Crippen molar-refractivity contribution in [3.63, 3.8) is 0 Å². The molecule has 0 fully saturated rings. The van der Waals surface area contributed by atoms with Crippen molar-refractivity contribution in [1.29, 1.82) is 0 Å². The van der Waals surface area contributed by atoms with Gasteiger partial charge in [-0.2, -0.15) is 0 Å². The van der Waals surface area contributed by atoms with Gasteiger partial charge in [-0.1, -0.05) is 29.8 Å². The molecule has 0 spiro atoms. The van der Waals surface area contributed by atoms with Gasteiger partial charge in [0.25, 0.3) is 0 Å². The number of aryl methyl sites for hydroxylation is 2. The standard InChI is InChI=1S/C19H19ClN4O/c1-12-8-9-17(25-3)16(10-12)24-19-11-18(21-13(2)22-19)23-15-7-5-4-6-14(15)20/h4-11H,1-3H3,(H2,21,22,23,24). The molecule has 3 rings (SSSR count). The molecule has 5 nitrogen and oxygen atoms in total. The lowest BCUT2D eigenvalue weighted by molar-refractivity contribution is 0.416. The number of benzene rings is 2. The zero-order valence-electron chi connectivity index (χ0n) is 14.3. The average molecular weight is 355 g/mol. The monoisotopic (exact) mass is 354 g/mol. The molecule has 0 aliphatic rings. The molecule has 0 bridgehead atoms. The van der Waals surface area contributed by atoms with E-state index in [1.165, 1.54) is 0 Å². The van der Waals surface area contributed by atoms with Crippen molar-refractivity contribution in [2.24, 2.45) is 0 Å². The molecule has 25 heavy (non-hydrogen) atoms. The molecular weight excluding hydrogens is 336 g/mol. The predicted octanol–water partition coefficient (Wildman–Crippen LogP) is 5.24. The number of anilines is 4. The summed E-state index contributed by atoms with van der Waals surface area (Å²) >= 11 is 6.20. The number of hydrogen-bond acceptors (Lipinski definition) is 5. The van der Waals surface area contributed by atoms with E-state index in [1.54, 1.807) is 7.11 Å². The number of hydrogen-bond donors (Lipinski definition) is 2. The zero-order valence-corrected chi connectivity index (χ0v) is 15.1.